The van der Waals surface area contributed by atoms with E-state index < -0.39 is 0 Å². The maximum absolute atomic E-state index is 11.9. The lowest BCUT2D eigenvalue weighted by Gasteiger charge is -2.40. The van der Waals surface area contributed by atoms with Gasteiger partial charge in [-0.25, -0.2) is 9.59 Å². The van der Waals surface area contributed by atoms with Crippen molar-refractivity contribution in [3.05, 3.63) is 23.3 Å². The normalized spacial score (nSPS) is 37.5. The molecule has 4 heteroatoms. The third kappa shape index (κ3) is 2.21. The number of esters is 2. The van der Waals surface area contributed by atoms with E-state index in [-0.39, 0.29) is 18.0 Å². The summed E-state index contributed by atoms with van der Waals surface area (Å²) >= 11 is 0. The molecule has 2 fully saturated rings. The van der Waals surface area contributed by atoms with Crippen molar-refractivity contribution in [1.29, 1.82) is 0 Å². The van der Waals surface area contributed by atoms with E-state index in [1.165, 1.54) is 6.42 Å². The number of allylic oxidation sites excluding steroid dienone is 1. The quantitative estimate of drug-likeness (QED) is 0.749. The van der Waals surface area contributed by atoms with Crippen LogP contribution in [-0.4, -0.2) is 24.6 Å². The molecule has 1 saturated heterocycles. The Hall–Kier alpha value is -1.58. The predicted molar refractivity (Wildman–Crippen MR) is 75.2 cm³/mol. The fraction of sp³-hybridized carbons (Fsp3) is 0.647. The molecule has 0 amide bonds. The number of hydrogen-bond acceptors (Lipinski definition) is 4. The molecule has 0 aromatic carbocycles. The monoisotopic (exact) mass is 288 g/mol. The van der Waals surface area contributed by atoms with Gasteiger partial charge in [0.15, 0.2) is 0 Å². The molecular weight excluding hydrogens is 268 g/mol. The van der Waals surface area contributed by atoms with Crippen molar-refractivity contribution in [2.24, 2.45) is 17.8 Å². The fourth-order valence-corrected chi connectivity index (χ4v) is 4.60. The molecule has 4 rings (SSSR count). The summed E-state index contributed by atoms with van der Waals surface area (Å²) in [5.41, 5.74) is 2.06. The van der Waals surface area contributed by atoms with Crippen molar-refractivity contribution >= 4 is 11.9 Å². The first kappa shape index (κ1) is 13.1. The maximum atomic E-state index is 11.9. The Labute approximate surface area is 124 Å². The average molecular weight is 288 g/mol. The summed E-state index contributed by atoms with van der Waals surface area (Å²) in [5.74, 6) is 1.27. The Morgan fingerprint density at radius 3 is 2.90 bits per heavy atom. The summed E-state index contributed by atoms with van der Waals surface area (Å²) in [6.07, 6.45) is 10.2. The van der Waals surface area contributed by atoms with Crippen LogP contribution in [0, 0.1) is 17.8 Å². The van der Waals surface area contributed by atoms with Gasteiger partial charge in [0, 0.05) is 17.6 Å². The fourth-order valence-electron chi connectivity index (χ4n) is 4.60. The maximum Gasteiger partial charge on any atom is 0.334 e. The van der Waals surface area contributed by atoms with Crippen molar-refractivity contribution < 1.29 is 19.1 Å². The van der Waals surface area contributed by atoms with E-state index in [0.717, 1.165) is 43.3 Å². The largest absolute Gasteiger partial charge is 0.458 e. The molecule has 0 radical (unpaired) electrons. The Balaban J connectivity index is 1.46. The molecule has 0 unspecified atom stereocenters. The highest BCUT2D eigenvalue weighted by Gasteiger charge is 2.50. The van der Waals surface area contributed by atoms with Crippen LogP contribution in [0.4, 0.5) is 0 Å². The van der Waals surface area contributed by atoms with E-state index in [2.05, 4.69) is 6.08 Å². The topological polar surface area (TPSA) is 52.6 Å². The van der Waals surface area contributed by atoms with Gasteiger partial charge < -0.3 is 9.47 Å². The van der Waals surface area contributed by atoms with E-state index in [1.54, 1.807) is 6.08 Å². The van der Waals surface area contributed by atoms with Crippen LogP contribution in [0.3, 0.4) is 0 Å². The number of rotatable bonds is 3. The SMILES string of the molecule is O=C1C=C(CC[C@H]2CC[C@@H]3OC(=O)C4=CCC[C@H]2[C@@H]43)CO1. The molecule has 0 bridgehead atoms. The van der Waals surface area contributed by atoms with Crippen molar-refractivity contribution in [2.45, 2.75) is 44.6 Å². The smallest absolute Gasteiger partial charge is 0.334 e. The molecule has 2 heterocycles. The van der Waals surface area contributed by atoms with Crippen molar-refractivity contribution in [1.82, 2.24) is 0 Å². The minimum atomic E-state index is -0.202. The summed E-state index contributed by atoms with van der Waals surface area (Å²) in [7, 11) is 0. The van der Waals surface area contributed by atoms with Crippen molar-refractivity contribution in [2.75, 3.05) is 6.61 Å². The predicted octanol–water partition coefficient (Wildman–Crippen LogP) is 2.54. The zero-order valence-electron chi connectivity index (χ0n) is 12.0. The summed E-state index contributed by atoms with van der Waals surface area (Å²) in [4.78, 5) is 23.0. The van der Waals surface area contributed by atoms with Gasteiger partial charge in [0.1, 0.15) is 12.7 Å². The van der Waals surface area contributed by atoms with Gasteiger partial charge in [0.05, 0.1) is 0 Å². The van der Waals surface area contributed by atoms with Crippen LogP contribution < -0.4 is 0 Å². The standard InChI is InChI=1S/C17H20O4/c18-15-8-10(9-20-15)4-5-11-6-7-14-16-12(11)2-1-3-13(16)17(19)21-14/h3,8,11-12,14,16H,1-2,4-7,9H2/t11-,12+,14-,16-/m0/s1. The molecule has 0 aromatic rings. The summed E-state index contributed by atoms with van der Waals surface area (Å²) in [6, 6.07) is 0. The molecular formula is C17H20O4. The van der Waals surface area contributed by atoms with Gasteiger partial charge in [-0.3, -0.25) is 0 Å². The summed E-state index contributed by atoms with van der Waals surface area (Å²) in [5, 5.41) is 0. The Morgan fingerprint density at radius 2 is 2.10 bits per heavy atom. The number of hydrogen-bond donors (Lipinski definition) is 0. The molecule has 2 aliphatic heterocycles. The van der Waals surface area contributed by atoms with E-state index >= 15 is 0 Å². The van der Waals surface area contributed by atoms with Gasteiger partial charge in [0.2, 0.25) is 0 Å². The Bertz CT molecular complexity index is 545. The third-order valence-corrected chi connectivity index (χ3v) is 5.56. The van der Waals surface area contributed by atoms with Gasteiger partial charge >= 0.3 is 11.9 Å². The highest BCUT2D eigenvalue weighted by atomic mass is 16.6. The highest BCUT2D eigenvalue weighted by Crippen LogP contribution is 2.50. The molecule has 0 aromatic heterocycles. The lowest BCUT2D eigenvalue weighted by molar-refractivity contribution is -0.140. The minimum Gasteiger partial charge on any atom is -0.458 e. The minimum absolute atomic E-state index is 0.0761. The zero-order chi connectivity index (χ0) is 14.4. The summed E-state index contributed by atoms with van der Waals surface area (Å²) in [6.45, 7) is 0.467. The number of cyclic esters (lactones) is 1. The molecule has 1 saturated carbocycles. The van der Waals surface area contributed by atoms with Crippen LogP contribution in [0.2, 0.25) is 0 Å². The van der Waals surface area contributed by atoms with Crippen molar-refractivity contribution in [3.63, 3.8) is 0 Å². The lowest BCUT2D eigenvalue weighted by Crippen LogP contribution is -2.37. The van der Waals surface area contributed by atoms with Crippen LogP contribution in [-0.2, 0) is 19.1 Å². The third-order valence-electron chi connectivity index (χ3n) is 5.56. The summed E-state index contributed by atoms with van der Waals surface area (Å²) < 4.78 is 10.5. The lowest BCUT2D eigenvalue weighted by atomic mass is 9.63. The first-order valence-electron chi connectivity index (χ1n) is 7.99. The molecule has 4 nitrogen and oxygen atoms in total. The van der Waals surface area contributed by atoms with Crippen molar-refractivity contribution in [3.8, 4) is 0 Å². The number of carbonyl (C=O) groups excluding carboxylic acids is 2. The second-order valence-electron chi connectivity index (χ2n) is 6.66. The van der Waals surface area contributed by atoms with Crippen LogP contribution in [0.15, 0.2) is 23.3 Å². The van der Waals surface area contributed by atoms with Crippen LogP contribution in [0.1, 0.15) is 38.5 Å². The van der Waals surface area contributed by atoms with E-state index in [0.29, 0.717) is 24.4 Å². The van der Waals surface area contributed by atoms with E-state index in [4.69, 9.17) is 9.47 Å². The van der Waals surface area contributed by atoms with Gasteiger partial charge in [0.25, 0.3) is 0 Å². The second-order valence-corrected chi connectivity index (χ2v) is 6.66. The molecule has 2 aliphatic carbocycles. The first-order valence-corrected chi connectivity index (χ1v) is 7.99. The van der Waals surface area contributed by atoms with E-state index in [9.17, 15) is 9.59 Å². The van der Waals surface area contributed by atoms with Gasteiger partial charge in [-0.2, -0.15) is 0 Å². The Kier molecular flexibility index (Phi) is 3.12. The molecule has 112 valence electrons. The van der Waals surface area contributed by atoms with Crippen LogP contribution in [0.5, 0.6) is 0 Å². The first-order chi connectivity index (χ1) is 10.2. The molecule has 4 atom stereocenters. The average Bonchev–Trinajstić information content (AvgIpc) is 3.04. The highest BCUT2D eigenvalue weighted by molar-refractivity contribution is 5.91. The van der Waals surface area contributed by atoms with Gasteiger partial charge in [-0.05, 0) is 55.9 Å². The van der Waals surface area contributed by atoms with Gasteiger partial charge in [-0.1, -0.05) is 6.08 Å². The second kappa shape index (κ2) is 5.00. The number of ether oxygens (including phenoxy) is 2. The van der Waals surface area contributed by atoms with E-state index in [1.807, 2.05) is 0 Å². The molecule has 4 aliphatic rings. The van der Waals surface area contributed by atoms with Gasteiger partial charge in [-0.15, -0.1) is 0 Å². The Morgan fingerprint density at radius 1 is 1.19 bits per heavy atom. The zero-order valence-corrected chi connectivity index (χ0v) is 12.0. The van der Waals surface area contributed by atoms with Crippen LogP contribution >= 0.6 is 0 Å². The molecule has 21 heavy (non-hydrogen) atoms. The molecule has 0 N–H and O–H groups in total. The number of carbonyl (C=O) groups is 2. The molecule has 0 spiro atoms. The van der Waals surface area contributed by atoms with Crippen LogP contribution in [0.25, 0.3) is 0 Å².